The highest BCUT2D eigenvalue weighted by Crippen LogP contribution is 2.33. The van der Waals surface area contributed by atoms with Gasteiger partial charge in [0.25, 0.3) is 11.1 Å². The van der Waals surface area contributed by atoms with Crippen LogP contribution >= 0.6 is 0 Å². The average molecular weight is 597 g/mol. The Balaban J connectivity index is 1.37. The number of pyridine rings is 2. The van der Waals surface area contributed by atoms with Gasteiger partial charge in [-0.15, -0.1) is 0 Å². The van der Waals surface area contributed by atoms with Crippen LogP contribution in [0.25, 0.3) is 27.8 Å². The van der Waals surface area contributed by atoms with Crippen molar-refractivity contribution in [3.05, 3.63) is 92.6 Å². The highest BCUT2D eigenvalue weighted by molar-refractivity contribution is 5.83. The number of nitrogens with zero attached hydrogens (tertiary/aromatic N) is 7. The summed E-state index contributed by atoms with van der Waals surface area (Å²) in [6.45, 7) is 6.90. The molecule has 0 amide bonds. The summed E-state index contributed by atoms with van der Waals surface area (Å²) in [5.74, 6) is -0.815. The molecule has 0 bridgehead atoms. The molecule has 5 heterocycles. The fourth-order valence-electron chi connectivity index (χ4n) is 5.60. The van der Waals surface area contributed by atoms with Crippen LogP contribution in [0.15, 0.2) is 64.6 Å². The average Bonchev–Trinajstić information content (AvgIpc) is 3.41. The minimum atomic E-state index is -0.769. The Morgan fingerprint density at radius 2 is 1.82 bits per heavy atom. The maximum atomic E-state index is 15.2. The Hall–Kier alpha value is -4.97. The van der Waals surface area contributed by atoms with Crippen LogP contribution in [0.1, 0.15) is 50.8 Å². The lowest BCUT2D eigenvalue weighted by Gasteiger charge is -2.20. The normalized spacial score (nSPS) is 15.6. The second-order valence-electron chi connectivity index (χ2n) is 12.2. The van der Waals surface area contributed by atoms with E-state index in [-0.39, 0.29) is 33.6 Å². The molecule has 0 spiro atoms. The van der Waals surface area contributed by atoms with Crippen LogP contribution in [0.2, 0.25) is 0 Å². The Kier molecular flexibility index (Phi) is 7.24. The number of aromatic nitrogens is 6. The SMILES string of the molecule is CN1CCC[C@H]1c1ccc(Nc2cc(-c3ccnc(-n4ncc5cc(C(C)(C)C)cc(F)c5c4=O)c3O)nn(C)c2=O)nc1. The van der Waals surface area contributed by atoms with E-state index in [0.717, 1.165) is 39.9 Å². The van der Waals surface area contributed by atoms with E-state index in [1.54, 1.807) is 6.07 Å². The summed E-state index contributed by atoms with van der Waals surface area (Å²) < 4.78 is 17.2. The molecule has 1 atom stereocenters. The van der Waals surface area contributed by atoms with Gasteiger partial charge in [0.05, 0.1) is 17.3 Å². The summed E-state index contributed by atoms with van der Waals surface area (Å²) >= 11 is 0. The van der Waals surface area contributed by atoms with Gasteiger partial charge in [0.1, 0.15) is 17.3 Å². The van der Waals surface area contributed by atoms with Gasteiger partial charge in [-0.2, -0.15) is 14.9 Å². The molecule has 1 saturated heterocycles. The molecule has 1 aromatic carbocycles. The van der Waals surface area contributed by atoms with Crippen molar-refractivity contribution in [2.75, 3.05) is 18.9 Å². The van der Waals surface area contributed by atoms with Crippen LogP contribution in [-0.2, 0) is 12.5 Å². The number of aryl methyl sites for hydroxylation is 1. The molecule has 12 heteroatoms. The van der Waals surface area contributed by atoms with Crippen LogP contribution in [0, 0.1) is 5.82 Å². The third kappa shape index (κ3) is 5.21. The highest BCUT2D eigenvalue weighted by Gasteiger charge is 2.24. The zero-order valence-corrected chi connectivity index (χ0v) is 25.2. The number of anilines is 2. The number of aromatic hydroxyl groups is 1. The van der Waals surface area contributed by atoms with E-state index in [4.69, 9.17) is 0 Å². The molecule has 1 aliphatic heterocycles. The first kappa shape index (κ1) is 29.1. The zero-order chi connectivity index (χ0) is 31.3. The molecule has 0 radical (unpaired) electrons. The number of benzene rings is 1. The molecule has 5 aromatic rings. The van der Waals surface area contributed by atoms with Gasteiger partial charge in [0.15, 0.2) is 11.6 Å². The fourth-order valence-corrected chi connectivity index (χ4v) is 5.60. The van der Waals surface area contributed by atoms with Crippen molar-refractivity contribution in [2.24, 2.45) is 7.05 Å². The number of rotatable bonds is 5. The van der Waals surface area contributed by atoms with E-state index in [1.165, 1.54) is 37.6 Å². The Labute approximate surface area is 252 Å². The van der Waals surface area contributed by atoms with Gasteiger partial charge < -0.3 is 10.4 Å². The lowest BCUT2D eigenvalue weighted by molar-refractivity contribution is 0.317. The molecule has 0 unspecified atom stereocenters. The predicted molar refractivity (Wildman–Crippen MR) is 166 cm³/mol. The zero-order valence-electron chi connectivity index (χ0n) is 25.2. The molecular formula is C32H33FN8O3. The summed E-state index contributed by atoms with van der Waals surface area (Å²) in [6.07, 6.45) is 6.77. The quantitative estimate of drug-likeness (QED) is 0.299. The third-order valence-corrected chi connectivity index (χ3v) is 8.10. The van der Waals surface area contributed by atoms with Crippen molar-refractivity contribution < 1.29 is 9.50 Å². The van der Waals surface area contributed by atoms with E-state index in [9.17, 15) is 14.7 Å². The fraction of sp³-hybridized carbons (Fsp3) is 0.312. The van der Waals surface area contributed by atoms with Gasteiger partial charge in [-0.05, 0) is 73.3 Å². The first-order valence-electron chi connectivity index (χ1n) is 14.3. The molecule has 1 fully saturated rings. The number of fused-ring (bicyclic) bond motifs is 1. The van der Waals surface area contributed by atoms with E-state index in [0.29, 0.717) is 17.2 Å². The van der Waals surface area contributed by atoms with Gasteiger partial charge in [0, 0.05) is 36.4 Å². The van der Waals surface area contributed by atoms with E-state index in [2.05, 4.69) is 37.4 Å². The topological polar surface area (TPSA) is 131 Å². The van der Waals surface area contributed by atoms with E-state index in [1.807, 2.05) is 39.1 Å². The summed E-state index contributed by atoms with van der Waals surface area (Å²) in [4.78, 5) is 37.4. The van der Waals surface area contributed by atoms with Crippen LogP contribution < -0.4 is 16.4 Å². The second kappa shape index (κ2) is 10.9. The lowest BCUT2D eigenvalue weighted by atomic mass is 9.86. The van der Waals surface area contributed by atoms with Crippen LogP contribution in [-0.4, -0.2) is 53.1 Å². The van der Waals surface area contributed by atoms with Gasteiger partial charge in [-0.1, -0.05) is 26.8 Å². The number of hydrogen-bond acceptors (Lipinski definition) is 9. The van der Waals surface area contributed by atoms with Crippen molar-refractivity contribution in [2.45, 2.75) is 45.1 Å². The van der Waals surface area contributed by atoms with Crippen molar-refractivity contribution >= 4 is 22.3 Å². The van der Waals surface area contributed by atoms with E-state index < -0.39 is 22.7 Å². The van der Waals surface area contributed by atoms with Crippen LogP contribution in [0.3, 0.4) is 0 Å². The minimum Gasteiger partial charge on any atom is -0.504 e. The number of likely N-dealkylation sites (tertiary alicyclic amines) is 1. The summed E-state index contributed by atoms with van der Waals surface area (Å²) in [5, 5.41) is 23.1. The molecule has 226 valence electrons. The van der Waals surface area contributed by atoms with Crippen molar-refractivity contribution in [3.63, 3.8) is 0 Å². The van der Waals surface area contributed by atoms with Crippen LogP contribution in [0.4, 0.5) is 15.9 Å². The van der Waals surface area contributed by atoms with E-state index >= 15 is 4.39 Å². The predicted octanol–water partition coefficient (Wildman–Crippen LogP) is 4.59. The van der Waals surface area contributed by atoms with Crippen molar-refractivity contribution in [1.82, 2.24) is 34.4 Å². The second-order valence-corrected chi connectivity index (χ2v) is 12.2. The molecule has 0 aliphatic carbocycles. The number of nitrogens with one attached hydrogen (secondary N) is 1. The van der Waals surface area contributed by atoms with Crippen molar-refractivity contribution in [3.8, 4) is 22.8 Å². The first-order valence-corrected chi connectivity index (χ1v) is 14.3. The smallest absolute Gasteiger partial charge is 0.290 e. The first-order chi connectivity index (χ1) is 20.9. The largest absolute Gasteiger partial charge is 0.504 e. The van der Waals surface area contributed by atoms with Crippen molar-refractivity contribution in [1.29, 1.82) is 0 Å². The van der Waals surface area contributed by atoms with Crippen LogP contribution in [0.5, 0.6) is 5.75 Å². The van der Waals surface area contributed by atoms with Gasteiger partial charge in [0.2, 0.25) is 0 Å². The Morgan fingerprint density at radius 3 is 2.50 bits per heavy atom. The summed E-state index contributed by atoms with van der Waals surface area (Å²) in [6, 6.07) is 10.2. The Morgan fingerprint density at radius 1 is 1.02 bits per heavy atom. The monoisotopic (exact) mass is 596 g/mol. The summed E-state index contributed by atoms with van der Waals surface area (Å²) in [7, 11) is 3.59. The standard InChI is InChI=1S/C32H33FN8O3/c1-32(2,3)20-13-19-17-36-41(31(44)27(19)22(33)14-20)29-28(42)21(10-11-34-29)23-15-24(30(43)40(5)38-23)37-26-9-8-18(16-35-26)25-7-6-12-39(25)4/h8-11,13-17,25,42H,6-7,12H2,1-5H3,(H,35,37)/t25-/m0/s1. The maximum Gasteiger partial charge on any atom is 0.290 e. The molecule has 44 heavy (non-hydrogen) atoms. The molecule has 4 aromatic heterocycles. The maximum absolute atomic E-state index is 15.2. The third-order valence-electron chi connectivity index (χ3n) is 8.10. The number of hydrogen-bond donors (Lipinski definition) is 2. The highest BCUT2D eigenvalue weighted by atomic mass is 19.1. The molecule has 2 N–H and O–H groups in total. The van der Waals surface area contributed by atoms with Gasteiger partial charge in [-0.3, -0.25) is 14.5 Å². The van der Waals surface area contributed by atoms with Gasteiger partial charge in [-0.25, -0.2) is 19.0 Å². The lowest BCUT2D eigenvalue weighted by Crippen LogP contribution is -2.24. The number of halogens is 1. The summed E-state index contributed by atoms with van der Waals surface area (Å²) in [5.41, 5.74) is 0.943. The molecule has 1 aliphatic rings. The van der Waals surface area contributed by atoms with Gasteiger partial charge >= 0.3 is 0 Å². The molecule has 6 rings (SSSR count). The molecular weight excluding hydrogens is 563 g/mol. The molecule has 0 saturated carbocycles. The minimum absolute atomic E-state index is 0.163. The molecule has 11 nitrogen and oxygen atoms in total. The Bertz CT molecular complexity index is 2010.